The van der Waals surface area contributed by atoms with E-state index in [9.17, 15) is 14.4 Å². The molecule has 1 aromatic carbocycles. The van der Waals surface area contributed by atoms with Crippen molar-refractivity contribution in [1.29, 1.82) is 0 Å². The Labute approximate surface area is 180 Å². The Hall–Kier alpha value is -3.49. The number of amides is 3. The average Bonchev–Trinajstić information content (AvgIpc) is 3.04. The number of nitrogens with zero attached hydrogens (tertiary/aromatic N) is 4. The zero-order valence-electron chi connectivity index (χ0n) is 17.3. The summed E-state index contributed by atoms with van der Waals surface area (Å²) in [5.41, 5.74) is 0.865. The van der Waals surface area contributed by atoms with Crippen LogP contribution in [-0.4, -0.2) is 70.3 Å². The molecule has 4 rings (SSSR count). The highest BCUT2D eigenvalue weighted by Gasteiger charge is 2.34. The Balaban J connectivity index is 1.21. The monoisotopic (exact) mass is 424 g/mol. The summed E-state index contributed by atoms with van der Waals surface area (Å²) in [7, 11) is 1.50. The second-order valence-corrected chi connectivity index (χ2v) is 7.49. The third-order valence-corrected chi connectivity index (χ3v) is 5.52. The number of hydrogen-bond acceptors (Lipinski definition) is 7. The molecule has 0 aliphatic carbocycles. The first-order chi connectivity index (χ1) is 15.1. The minimum absolute atomic E-state index is 0.0259. The van der Waals surface area contributed by atoms with E-state index in [1.165, 1.54) is 12.0 Å². The van der Waals surface area contributed by atoms with E-state index in [2.05, 4.69) is 9.97 Å². The van der Waals surface area contributed by atoms with Gasteiger partial charge in [0.15, 0.2) is 0 Å². The van der Waals surface area contributed by atoms with Gasteiger partial charge in [0.2, 0.25) is 11.8 Å². The lowest BCUT2D eigenvalue weighted by Crippen LogP contribution is -2.42. The Morgan fingerprint density at radius 1 is 1.10 bits per heavy atom. The first-order valence-electron chi connectivity index (χ1n) is 10.3. The molecule has 1 fully saturated rings. The summed E-state index contributed by atoms with van der Waals surface area (Å²) in [5, 5.41) is 0. The molecule has 2 aromatic rings. The number of hydrogen-bond donors (Lipinski definition) is 0. The van der Waals surface area contributed by atoms with E-state index in [0.717, 1.165) is 0 Å². The Kier molecular flexibility index (Phi) is 6.11. The van der Waals surface area contributed by atoms with Crippen LogP contribution < -0.4 is 9.47 Å². The molecule has 0 saturated carbocycles. The smallest absolute Gasteiger partial charge is 0.319 e. The number of fused-ring (bicyclic) bond motifs is 1. The fraction of sp³-hybridized carbons (Fsp3) is 0.409. The number of benzene rings is 1. The molecule has 0 spiro atoms. The predicted molar refractivity (Wildman–Crippen MR) is 110 cm³/mol. The van der Waals surface area contributed by atoms with Gasteiger partial charge in [-0.2, -0.15) is 4.98 Å². The van der Waals surface area contributed by atoms with Crippen molar-refractivity contribution >= 4 is 17.7 Å². The highest BCUT2D eigenvalue weighted by Crippen LogP contribution is 2.23. The van der Waals surface area contributed by atoms with Crippen molar-refractivity contribution in [3.8, 4) is 11.9 Å². The summed E-state index contributed by atoms with van der Waals surface area (Å²) < 4.78 is 10.9. The van der Waals surface area contributed by atoms with E-state index >= 15 is 0 Å². The zero-order chi connectivity index (χ0) is 21.8. The van der Waals surface area contributed by atoms with Gasteiger partial charge >= 0.3 is 6.01 Å². The molecule has 162 valence electrons. The van der Waals surface area contributed by atoms with Gasteiger partial charge in [0, 0.05) is 51.2 Å². The van der Waals surface area contributed by atoms with Gasteiger partial charge in [0.05, 0.1) is 18.2 Å². The Bertz CT molecular complexity index is 952. The lowest BCUT2D eigenvalue weighted by molar-refractivity contribution is -0.133. The molecule has 3 heterocycles. The molecule has 0 radical (unpaired) electrons. The molecule has 1 aromatic heterocycles. The fourth-order valence-electron chi connectivity index (χ4n) is 3.87. The van der Waals surface area contributed by atoms with Crippen molar-refractivity contribution in [2.75, 3.05) is 26.7 Å². The van der Waals surface area contributed by atoms with Crippen LogP contribution in [0.25, 0.3) is 0 Å². The van der Waals surface area contributed by atoms with Crippen molar-refractivity contribution in [2.45, 2.75) is 31.8 Å². The number of methoxy groups -OCH3 is 1. The highest BCUT2D eigenvalue weighted by molar-refractivity contribution is 6.21. The van der Waals surface area contributed by atoms with Gasteiger partial charge in [-0.1, -0.05) is 12.1 Å². The molecule has 9 heteroatoms. The topological polar surface area (TPSA) is 102 Å². The van der Waals surface area contributed by atoms with E-state index < -0.39 is 0 Å². The molecule has 0 atom stereocenters. The third-order valence-electron chi connectivity index (χ3n) is 5.52. The number of carbonyl (C=O) groups excluding carboxylic acids is 3. The van der Waals surface area contributed by atoms with E-state index in [0.29, 0.717) is 55.8 Å². The lowest BCUT2D eigenvalue weighted by atomic mass is 10.1. The van der Waals surface area contributed by atoms with E-state index in [1.54, 1.807) is 36.5 Å². The third kappa shape index (κ3) is 4.50. The maximum absolute atomic E-state index is 12.6. The van der Waals surface area contributed by atoms with Crippen LogP contribution in [0.4, 0.5) is 0 Å². The van der Waals surface area contributed by atoms with Crippen molar-refractivity contribution in [1.82, 2.24) is 19.8 Å². The van der Waals surface area contributed by atoms with E-state index in [4.69, 9.17) is 9.47 Å². The second-order valence-electron chi connectivity index (χ2n) is 7.49. The number of aromatic nitrogens is 2. The Morgan fingerprint density at radius 3 is 2.42 bits per heavy atom. The molecule has 31 heavy (non-hydrogen) atoms. The summed E-state index contributed by atoms with van der Waals surface area (Å²) in [5.74, 6) is -0.0870. The van der Waals surface area contributed by atoms with Gasteiger partial charge in [-0.3, -0.25) is 19.3 Å². The van der Waals surface area contributed by atoms with Gasteiger partial charge < -0.3 is 14.4 Å². The molecular formula is C22H24N4O5. The molecule has 9 nitrogen and oxygen atoms in total. The molecule has 0 bridgehead atoms. The summed E-state index contributed by atoms with van der Waals surface area (Å²) >= 11 is 0. The maximum atomic E-state index is 12.6. The summed E-state index contributed by atoms with van der Waals surface area (Å²) in [4.78, 5) is 48.5. The fourth-order valence-corrected chi connectivity index (χ4v) is 3.87. The Morgan fingerprint density at radius 2 is 1.77 bits per heavy atom. The van der Waals surface area contributed by atoms with Crippen molar-refractivity contribution in [3.05, 3.63) is 47.7 Å². The average molecular weight is 424 g/mol. The molecule has 2 aliphatic heterocycles. The van der Waals surface area contributed by atoms with Crippen LogP contribution in [0, 0.1) is 0 Å². The van der Waals surface area contributed by atoms with Gasteiger partial charge in [-0.25, -0.2) is 4.98 Å². The van der Waals surface area contributed by atoms with Gasteiger partial charge in [0.25, 0.3) is 11.8 Å². The molecule has 0 unspecified atom stereocenters. The molecule has 0 N–H and O–H groups in total. The van der Waals surface area contributed by atoms with Crippen molar-refractivity contribution in [3.63, 3.8) is 0 Å². The number of piperidine rings is 1. The molecular weight excluding hydrogens is 400 g/mol. The first kappa shape index (κ1) is 20.8. The van der Waals surface area contributed by atoms with Gasteiger partial charge in [-0.05, 0) is 18.6 Å². The molecule has 3 amide bonds. The van der Waals surface area contributed by atoms with Crippen LogP contribution in [0.3, 0.4) is 0 Å². The number of carbonyl (C=O) groups is 3. The number of ether oxygens (including phenoxy) is 2. The standard InChI is InChI=1S/C22H24N4O5/c1-30-22-23-11-8-18(24-22)31-15-9-13-25(14-10-15)19(27)7-4-12-26-20(28)16-5-2-3-6-17(16)21(26)29/h2-3,5-6,8,11,15H,4,7,9-10,12-14H2,1H3. The minimum atomic E-state index is -0.285. The van der Waals surface area contributed by atoms with Crippen LogP contribution in [0.2, 0.25) is 0 Å². The lowest BCUT2D eigenvalue weighted by Gasteiger charge is -2.32. The summed E-state index contributed by atoms with van der Waals surface area (Å²) in [6.45, 7) is 1.44. The highest BCUT2D eigenvalue weighted by atomic mass is 16.5. The largest absolute Gasteiger partial charge is 0.474 e. The van der Waals surface area contributed by atoms with Crippen molar-refractivity contribution in [2.24, 2.45) is 0 Å². The zero-order valence-corrected chi connectivity index (χ0v) is 17.3. The van der Waals surface area contributed by atoms with E-state index in [-0.39, 0.29) is 36.4 Å². The van der Waals surface area contributed by atoms with Crippen LogP contribution in [0.1, 0.15) is 46.4 Å². The normalized spacial score (nSPS) is 16.4. The number of rotatable bonds is 7. The van der Waals surface area contributed by atoms with Crippen molar-refractivity contribution < 1.29 is 23.9 Å². The van der Waals surface area contributed by atoms with Gasteiger partial charge in [-0.15, -0.1) is 0 Å². The SMILES string of the molecule is COc1nccc(OC2CCN(C(=O)CCCN3C(=O)c4ccccc4C3=O)CC2)n1. The minimum Gasteiger partial charge on any atom is -0.474 e. The van der Waals surface area contributed by atoms with Crippen LogP contribution in [-0.2, 0) is 4.79 Å². The van der Waals surface area contributed by atoms with Crippen LogP contribution in [0.15, 0.2) is 36.5 Å². The van der Waals surface area contributed by atoms with Gasteiger partial charge in [0.1, 0.15) is 6.10 Å². The second kappa shape index (κ2) is 9.11. The molecule has 2 aliphatic rings. The first-order valence-corrected chi connectivity index (χ1v) is 10.3. The quantitative estimate of drug-likeness (QED) is 0.626. The summed E-state index contributed by atoms with van der Waals surface area (Å²) in [6.07, 6.45) is 3.70. The van der Waals surface area contributed by atoms with Crippen LogP contribution in [0.5, 0.6) is 11.9 Å². The maximum Gasteiger partial charge on any atom is 0.319 e. The number of imide groups is 1. The predicted octanol–water partition coefficient (Wildman–Crippen LogP) is 1.93. The molecule has 1 saturated heterocycles. The summed E-state index contributed by atoms with van der Waals surface area (Å²) in [6, 6.07) is 8.73. The van der Waals surface area contributed by atoms with E-state index in [1.807, 2.05) is 4.90 Å². The van der Waals surface area contributed by atoms with Crippen LogP contribution >= 0.6 is 0 Å². The number of likely N-dealkylation sites (tertiary alicyclic amines) is 1.